The molecule has 1 atom stereocenters. The van der Waals surface area contributed by atoms with Gasteiger partial charge in [0.25, 0.3) is 0 Å². The number of nitrogens with zero attached hydrogens (tertiary/aromatic N) is 2. The first-order valence-electron chi connectivity index (χ1n) is 11.6. The number of halogens is 1. The van der Waals surface area contributed by atoms with Gasteiger partial charge in [-0.1, -0.05) is 32.9 Å². The van der Waals surface area contributed by atoms with Crippen LogP contribution in [0.25, 0.3) is 0 Å². The second-order valence-corrected chi connectivity index (χ2v) is 8.37. The summed E-state index contributed by atoms with van der Waals surface area (Å²) in [6, 6.07) is 6.03. The second kappa shape index (κ2) is 13.0. The van der Waals surface area contributed by atoms with Crippen LogP contribution in [0.1, 0.15) is 82.1 Å². The van der Waals surface area contributed by atoms with Crippen molar-refractivity contribution < 1.29 is 28.6 Å². The Kier molecular flexibility index (Phi) is 11.1. The highest BCUT2D eigenvalue weighted by molar-refractivity contribution is 6.00. The second-order valence-electron chi connectivity index (χ2n) is 8.37. The van der Waals surface area contributed by atoms with E-state index in [1.807, 2.05) is 13.8 Å². The molecule has 1 aromatic carbocycles. The quantitative estimate of drug-likeness (QED) is 0.402. The van der Waals surface area contributed by atoms with Gasteiger partial charge in [-0.2, -0.15) is 0 Å². The van der Waals surface area contributed by atoms with Crippen LogP contribution in [0.15, 0.2) is 30.5 Å². The lowest BCUT2D eigenvalue weighted by Gasteiger charge is -2.32. The molecule has 0 aliphatic carbocycles. The standard InChI is InChI=1S/C24H31FN2O5.C2H6/c1-7-19(28)27(23(30)32-24(4,5)6)21-15(3)17(13-16-9-11-18(25)12-10-16)14-26-20(21)22(29)31-8-2;1-2/h9-12,14,19,28H,7-8,13H2,1-6H3;1-2H3. The molecule has 2 aromatic rings. The third-order valence-electron chi connectivity index (χ3n) is 4.68. The summed E-state index contributed by atoms with van der Waals surface area (Å²) in [4.78, 5) is 31.1. The van der Waals surface area contributed by atoms with E-state index in [2.05, 4.69) is 4.98 Å². The first kappa shape index (κ1) is 29.0. The van der Waals surface area contributed by atoms with Crippen molar-refractivity contribution in [1.82, 2.24) is 4.98 Å². The fraction of sp³-hybridized carbons (Fsp3) is 0.500. The number of benzene rings is 1. The summed E-state index contributed by atoms with van der Waals surface area (Å²) >= 11 is 0. The molecule has 1 N–H and O–H groups in total. The Morgan fingerprint density at radius 2 is 1.74 bits per heavy atom. The van der Waals surface area contributed by atoms with Crippen molar-refractivity contribution in [2.45, 2.75) is 80.1 Å². The first-order valence-corrected chi connectivity index (χ1v) is 11.6. The number of ether oxygens (including phenoxy) is 2. The third kappa shape index (κ3) is 7.80. The van der Waals surface area contributed by atoms with E-state index in [4.69, 9.17) is 9.47 Å². The van der Waals surface area contributed by atoms with Crippen LogP contribution in [0.5, 0.6) is 0 Å². The van der Waals surface area contributed by atoms with Crippen LogP contribution in [0.3, 0.4) is 0 Å². The number of esters is 1. The zero-order valence-corrected chi connectivity index (χ0v) is 21.4. The molecule has 0 aliphatic rings. The Labute approximate surface area is 201 Å². The summed E-state index contributed by atoms with van der Waals surface area (Å²) in [6.07, 6.45) is 0.0591. The summed E-state index contributed by atoms with van der Waals surface area (Å²) in [6.45, 7) is 14.4. The molecule has 188 valence electrons. The molecule has 1 heterocycles. The van der Waals surface area contributed by atoms with Crippen molar-refractivity contribution in [3.8, 4) is 0 Å². The summed E-state index contributed by atoms with van der Waals surface area (Å²) in [7, 11) is 0. The van der Waals surface area contributed by atoms with Gasteiger partial charge in [0, 0.05) is 6.20 Å². The number of aliphatic hydroxyl groups is 1. The number of carbonyl (C=O) groups is 2. The van der Waals surface area contributed by atoms with E-state index in [-0.39, 0.29) is 30.2 Å². The predicted octanol–water partition coefficient (Wildman–Crippen LogP) is 5.79. The van der Waals surface area contributed by atoms with E-state index < -0.39 is 23.9 Å². The minimum Gasteiger partial charge on any atom is -0.461 e. The molecular weight excluding hydrogens is 439 g/mol. The van der Waals surface area contributed by atoms with Gasteiger partial charge >= 0.3 is 12.1 Å². The van der Waals surface area contributed by atoms with Gasteiger partial charge in [0.15, 0.2) is 5.69 Å². The molecule has 1 unspecified atom stereocenters. The molecule has 0 saturated carbocycles. The monoisotopic (exact) mass is 476 g/mol. The maximum Gasteiger partial charge on any atom is 0.417 e. The van der Waals surface area contributed by atoms with Gasteiger partial charge in [0.1, 0.15) is 17.6 Å². The number of amides is 1. The normalized spacial score (nSPS) is 11.7. The maximum atomic E-state index is 13.3. The summed E-state index contributed by atoms with van der Waals surface area (Å²) in [5.41, 5.74) is 1.31. The zero-order valence-electron chi connectivity index (χ0n) is 21.4. The lowest BCUT2D eigenvalue weighted by molar-refractivity contribution is 0.0465. The molecule has 34 heavy (non-hydrogen) atoms. The van der Waals surface area contributed by atoms with Crippen LogP contribution in [-0.4, -0.2) is 40.6 Å². The van der Waals surface area contributed by atoms with Crippen LogP contribution < -0.4 is 4.90 Å². The molecule has 0 radical (unpaired) electrons. The number of pyridine rings is 1. The zero-order chi connectivity index (χ0) is 26.1. The van der Waals surface area contributed by atoms with Crippen molar-refractivity contribution in [2.75, 3.05) is 11.5 Å². The number of aromatic nitrogens is 1. The lowest BCUT2D eigenvalue weighted by atomic mass is 9.99. The summed E-state index contributed by atoms with van der Waals surface area (Å²) in [5, 5.41) is 10.7. The highest BCUT2D eigenvalue weighted by Gasteiger charge is 2.34. The number of rotatable bonds is 7. The molecule has 0 fully saturated rings. The molecule has 1 aromatic heterocycles. The maximum absolute atomic E-state index is 13.3. The van der Waals surface area contributed by atoms with Gasteiger partial charge in [-0.3, -0.25) is 0 Å². The van der Waals surface area contributed by atoms with E-state index in [9.17, 15) is 19.1 Å². The van der Waals surface area contributed by atoms with Crippen LogP contribution in [-0.2, 0) is 15.9 Å². The van der Waals surface area contributed by atoms with Crippen molar-refractivity contribution in [3.05, 3.63) is 58.7 Å². The molecule has 0 saturated heterocycles. The van der Waals surface area contributed by atoms with E-state index >= 15 is 0 Å². The SMILES string of the molecule is CC.CCOC(=O)c1ncc(Cc2ccc(F)cc2)c(C)c1N(C(=O)OC(C)(C)C)C(O)CC. The fourth-order valence-electron chi connectivity index (χ4n) is 3.13. The van der Waals surface area contributed by atoms with Gasteiger partial charge in [-0.05, 0) is 76.3 Å². The van der Waals surface area contributed by atoms with E-state index in [0.29, 0.717) is 17.5 Å². The number of carbonyl (C=O) groups excluding carboxylic acids is 2. The van der Waals surface area contributed by atoms with Crippen LogP contribution >= 0.6 is 0 Å². The molecule has 7 nitrogen and oxygen atoms in total. The number of hydrogen-bond acceptors (Lipinski definition) is 6. The average molecular weight is 477 g/mol. The van der Waals surface area contributed by atoms with Crippen molar-refractivity contribution in [2.24, 2.45) is 0 Å². The summed E-state index contributed by atoms with van der Waals surface area (Å²) in [5.74, 6) is -1.06. The minimum atomic E-state index is -1.25. The third-order valence-corrected chi connectivity index (χ3v) is 4.68. The van der Waals surface area contributed by atoms with Gasteiger partial charge < -0.3 is 14.6 Å². The van der Waals surface area contributed by atoms with Crippen molar-refractivity contribution in [1.29, 1.82) is 0 Å². The Morgan fingerprint density at radius 1 is 1.15 bits per heavy atom. The smallest absolute Gasteiger partial charge is 0.417 e. The summed E-state index contributed by atoms with van der Waals surface area (Å²) < 4.78 is 23.9. The van der Waals surface area contributed by atoms with E-state index in [1.165, 1.54) is 18.3 Å². The van der Waals surface area contributed by atoms with E-state index in [1.54, 1.807) is 53.7 Å². The number of hydrogen-bond donors (Lipinski definition) is 1. The van der Waals surface area contributed by atoms with Crippen LogP contribution in [0.4, 0.5) is 14.9 Å². The van der Waals surface area contributed by atoms with Crippen molar-refractivity contribution >= 4 is 17.7 Å². The Hall–Kier alpha value is -3.00. The number of aliphatic hydroxyl groups excluding tert-OH is 1. The molecule has 1 amide bonds. The molecule has 2 rings (SSSR count). The van der Waals surface area contributed by atoms with Crippen LogP contribution in [0, 0.1) is 12.7 Å². The van der Waals surface area contributed by atoms with Gasteiger partial charge in [-0.25, -0.2) is 23.9 Å². The largest absolute Gasteiger partial charge is 0.461 e. The highest BCUT2D eigenvalue weighted by atomic mass is 19.1. The number of anilines is 1. The Bertz CT molecular complexity index is 955. The first-order chi connectivity index (χ1) is 16.0. The molecule has 0 spiro atoms. The highest BCUT2D eigenvalue weighted by Crippen LogP contribution is 2.32. The molecule has 0 bridgehead atoms. The Morgan fingerprint density at radius 3 is 2.24 bits per heavy atom. The molecule has 8 heteroatoms. The van der Waals surface area contributed by atoms with Crippen LogP contribution in [0.2, 0.25) is 0 Å². The van der Waals surface area contributed by atoms with Crippen molar-refractivity contribution in [3.63, 3.8) is 0 Å². The molecule has 0 aliphatic heterocycles. The lowest BCUT2D eigenvalue weighted by Crippen LogP contribution is -2.44. The Balaban J connectivity index is 0.00000281. The predicted molar refractivity (Wildman–Crippen MR) is 130 cm³/mol. The average Bonchev–Trinajstić information content (AvgIpc) is 2.78. The van der Waals surface area contributed by atoms with Gasteiger partial charge in [-0.15, -0.1) is 0 Å². The topological polar surface area (TPSA) is 89.0 Å². The van der Waals surface area contributed by atoms with Gasteiger partial charge in [0.2, 0.25) is 0 Å². The fourth-order valence-corrected chi connectivity index (χ4v) is 3.13. The van der Waals surface area contributed by atoms with Gasteiger partial charge in [0.05, 0.1) is 12.3 Å². The molecular formula is C26H37FN2O5. The minimum absolute atomic E-state index is 0.0921. The van der Waals surface area contributed by atoms with E-state index in [0.717, 1.165) is 10.5 Å².